The standard InChI is InChI=1S/C19H30O3/c1-5-6-13-11-14(12-13)7-8-15(20)19-10-9-18(4,16(21)22-19)17(19,2)3/h13-14H,5-12H2,1-4H3. The Hall–Kier alpha value is -0.860. The summed E-state index contributed by atoms with van der Waals surface area (Å²) < 4.78 is 5.68. The normalized spacial score (nSPS) is 42.1. The van der Waals surface area contributed by atoms with E-state index in [1.54, 1.807) is 0 Å². The van der Waals surface area contributed by atoms with Crippen molar-refractivity contribution in [1.29, 1.82) is 0 Å². The summed E-state index contributed by atoms with van der Waals surface area (Å²) in [5.41, 5.74) is -1.70. The Labute approximate surface area is 134 Å². The number of hydrogen-bond acceptors (Lipinski definition) is 3. The van der Waals surface area contributed by atoms with Crippen LogP contribution in [0.3, 0.4) is 0 Å². The molecule has 1 aliphatic heterocycles. The third-order valence-corrected chi connectivity index (χ3v) is 7.34. The average Bonchev–Trinajstić information content (AvgIpc) is 2.71. The van der Waals surface area contributed by atoms with E-state index in [2.05, 4.69) is 6.92 Å². The molecule has 3 aliphatic rings. The van der Waals surface area contributed by atoms with Crippen LogP contribution in [-0.2, 0) is 14.3 Å². The molecule has 0 aromatic rings. The number of Topliss-reactive ketones (excluding diaryl/α,β-unsaturated/α-hetero) is 1. The summed E-state index contributed by atoms with van der Waals surface area (Å²) in [6.45, 7) is 8.30. The van der Waals surface area contributed by atoms with E-state index < -0.39 is 11.0 Å². The van der Waals surface area contributed by atoms with Crippen molar-refractivity contribution in [3.8, 4) is 0 Å². The molecule has 22 heavy (non-hydrogen) atoms. The van der Waals surface area contributed by atoms with Gasteiger partial charge in [0.15, 0.2) is 11.4 Å². The minimum atomic E-state index is -0.842. The Balaban J connectivity index is 1.60. The van der Waals surface area contributed by atoms with Crippen molar-refractivity contribution in [3.05, 3.63) is 0 Å². The van der Waals surface area contributed by atoms with Gasteiger partial charge >= 0.3 is 5.97 Å². The molecule has 0 amide bonds. The predicted octanol–water partition coefficient (Wildman–Crippen LogP) is 4.28. The molecular formula is C19H30O3. The van der Waals surface area contributed by atoms with E-state index in [1.807, 2.05) is 20.8 Å². The number of ether oxygens (including phenoxy) is 1. The molecule has 0 spiro atoms. The van der Waals surface area contributed by atoms with E-state index in [0.29, 0.717) is 18.8 Å². The number of carbonyl (C=O) groups excluding carboxylic acids is 2. The van der Waals surface area contributed by atoms with Gasteiger partial charge in [0.05, 0.1) is 5.41 Å². The first-order chi connectivity index (χ1) is 10.3. The van der Waals surface area contributed by atoms with Crippen LogP contribution in [0.1, 0.15) is 79.1 Å². The number of fused-ring (bicyclic) bond motifs is 2. The molecular weight excluding hydrogens is 276 g/mol. The number of rotatable bonds is 6. The monoisotopic (exact) mass is 306 g/mol. The lowest BCUT2D eigenvalue weighted by Gasteiger charge is -2.38. The molecule has 2 unspecified atom stereocenters. The van der Waals surface area contributed by atoms with Crippen molar-refractivity contribution < 1.29 is 14.3 Å². The van der Waals surface area contributed by atoms with E-state index in [1.165, 1.54) is 25.7 Å². The van der Waals surface area contributed by atoms with Crippen LogP contribution in [0.4, 0.5) is 0 Å². The molecule has 0 N–H and O–H groups in total. The number of carbonyl (C=O) groups is 2. The highest BCUT2D eigenvalue weighted by molar-refractivity contribution is 5.97. The Morgan fingerprint density at radius 3 is 2.27 bits per heavy atom. The summed E-state index contributed by atoms with van der Waals surface area (Å²) in [6.07, 6.45) is 8.22. The largest absolute Gasteiger partial charge is 0.450 e. The lowest BCUT2D eigenvalue weighted by molar-refractivity contribution is -0.167. The Kier molecular flexibility index (Phi) is 3.69. The summed E-state index contributed by atoms with van der Waals surface area (Å²) in [7, 11) is 0. The van der Waals surface area contributed by atoms with Gasteiger partial charge in [-0.2, -0.15) is 0 Å². The second kappa shape index (κ2) is 5.07. The summed E-state index contributed by atoms with van der Waals surface area (Å²) in [5, 5.41) is 0. The molecule has 3 heteroatoms. The zero-order chi connectivity index (χ0) is 16.2. The van der Waals surface area contributed by atoms with Gasteiger partial charge < -0.3 is 4.74 Å². The van der Waals surface area contributed by atoms with Crippen LogP contribution < -0.4 is 0 Å². The molecule has 1 heterocycles. The van der Waals surface area contributed by atoms with Gasteiger partial charge in [0, 0.05) is 11.8 Å². The Morgan fingerprint density at radius 1 is 1.14 bits per heavy atom. The third-order valence-electron chi connectivity index (χ3n) is 7.34. The fourth-order valence-electron chi connectivity index (χ4n) is 5.14. The van der Waals surface area contributed by atoms with Crippen molar-refractivity contribution in [2.45, 2.75) is 84.7 Å². The van der Waals surface area contributed by atoms with Gasteiger partial charge in [-0.1, -0.05) is 33.6 Å². The minimum Gasteiger partial charge on any atom is -0.450 e. The fraction of sp³-hybridized carbons (Fsp3) is 0.895. The van der Waals surface area contributed by atoms with Crippen LogP contribution in [0.25, 0.3) is 0 Å². The fourth-order valence-corrected chi connectivity index (χ4v) is 5.14. The zero-order valence-electron chi connectivity index (χ0n) is 14.5. The third kappa shape index (κ3) is 1.93. The van der Waals surface area contributed by atoms with E-state index in [0.717, 1.165) is 18.8 Å². The Morgan fingerprint density at radius 2 is 1.77 bits per heavy atom. The summed E-state index contributed by atoms with van der Waals surface area (Å²) in [4.78, 5) is 25.1. The van der Waals surface area contributed by atoms with Crippen LogP contribution in [0.5, 0.6) is 0 Å². The molecule has 2 atom stereocenters. The second-order valence-corrected chi connectivity index (χ2v) is 8.63. The topological polar surface area (TPSA) is 43.4 Å². The van der Waals surface area contributed by atoms with Crippen molar-refractivity contribution in [3.63, 3.8) is 0 Å². The van der Waals surface area contributed by atoms with Gasteiger partial charge in [-0.25, -0.2) is 0 Å². The molecule has 0 radical (unpaired) electrons. The lowest BCUT2D eigenvalue weighted by Crippen LogP contribution is -2.48. The predicted molar refractivity (Wildman–Crippen MR) is 85.3 cm³/mol. The average molecular weight is 306 g/mol. The molecule has 124 valence electrons. The molecule has 3 rings (SSSR count). The first-order valence-corrected chi connectivity index (χ1v) is 9.03. The van der Waals surface area contributed by atoms with Crippen molar-refractivity contribution >= 4 is 11.8 Å². The molecule has 3 nitrogen and oxygen atoms in total. The number of esters is 1. The van der Waals surface area contributed by atoms with E-state index >= 15 is 0 Å². The summed E-state index contributed by atoms with van der Waals surface area (Å²) in [5.74, 6) is 1.61. The quantitative estimate of drug-likeness (QED) is 0.688. The SMILES string of the molecule is CCCC1CC(CCC(=O)C23CCC(C)(C(=O)O2)C3(C)C)C1. The first-order valence-electron chi connectivity index (χ1n) is 9.03. The van der Waals surface area contributed by atoms with E-state index in [-0.39, 0.29) is 17.2 Å². The maximum Gasteiger partial charge on any atom is 0.313 e. The molecule has 2 aliphatic carbocycles. The Bertz CT molecular complexity index is 489. The van der Waals surface area contributed by atoms with Gasteiger partial charge in [0.2, 0.25) is 0 Å². The first kappa shape index (κ1) is 16.0. The molecule has 3 fully saturated rings. The highest BCUT2D eigenvalue weighted by Gasteiger charge is 2.74. The van der Waals surface area contributed by atoms with Crippen LogP contribution in [-0.4, -0.2) is 17.4 Å². The van der Waals surface area contributed by atoms with Crippen LogP contribution in [0.15, 0.2) is 0 Å². The van der Waals surface area contributed by atoms with Crippen LogP contribution in [0.2, 0.25) is 0 Å². The van der Waals surface area contributed by atoms with Gasteiger partial charge in [-0.05, 0) is 50.9 Å². The van der Waals surface area contributed by atoms with Gasteiger partial charge in [0.25, 0.3) is 0 Å². The van der Waals surface area contributed by atoms with Crippen molar-refractivity contribution in [2.24, 2.45) is 22.7 Å². The molecule has 1 saturated heterocycles. The number of hydrogen-bond donors (Lipinski definition) is 0. The highest BCUT2D eigenvalue weighted by Crippen LogP contribution is 2.66. The molecule has 0 aromatic carbocycles. The van der Waals surface area contributed by atoms with Crippen LogP contribution in [0, 0.1) is 22.7 Å². The minimum absolute atomic E-state index is 0.163. The van der Waals surface area contributed by atoms with Crippen LogP contribution >= 0.6 is 0 Å². The van der Waals surface area contributed by atoms with Gasteiger partial charge in [0.1, 0.15) is 0 Å². The summed E-state index contributed by atoms with van der Waals surface area (Å²) >= 11 is 0. The second-order valence-electron chi connectivity index (χ2n) is 8.63. The maximum absolute atomic E-state index is 12.9. The van der Waals surface area contributed by atoms with E-state index in [9.17, 15) is 9.59 Å². The highest BCUT2D eigenvalue weighted by atomic mass is 16.6. The van der Waals surface area contributed by atoms with Crippen molar-refractivity contribution in [2.75, 3.05) is 0 Å². The van der Waals surface area contributed by atoms with Gasteiger partial charge in [-0.3, -0.25) is 9.59 Å². The van der Waals surface area contributed by atoms with E-state index in [4.69, 9.17) is 4.74 Å². The number of ketones is 1. The molecule has 2 saturated carbocycles. The van der Waals surface area contributed by atoms with Crippen molar-refractivity contribution in [1.82, 2.24) is 0 Å². The van der Waals surface area contributed by atoms with Gasteiger partial charge in [-0.15, -0.1) is 0 Å². The molecule has 2 bridgehead atoms. The molecule has 0 aromatic heterocycles. The lowest BCUT2D eigenvalue weighted by atomic mass is 9.64. The zero-order valence-corrected chi connectivity index (χ0v) is 14.5. The maximum atomic E-state index is 12.9. The smallest absolute Gasteiger partial charge is 0.313 e. The summed E-state index contributed by atoms with van der Waals surface area (Å²) in [6, 6.07) is 0.